The minimum atomic E-state index is 0.815. The molecule has 0 aliphatic rings. The van der Waals surface area contributed by atoms with Crippen LogP contribution in [0.1, 0.15) is 16.7 Å². The third-order valence-corrected chi connectivity index (χ3v) is 4.74. The smallest absolute Gasteiger partial charge is 0.135 e. The SMILES string of the molecule is CNc1ccc2oc3ccc(NCc4ccc(C)cc4C)cc3c2c1. The molecule has 1 aromatic heterocycles. The molecule has 0 bridgehead atoms. The Morgan fingerprint density at radius 2 is 1.48 bits per heavy atom. The van der Waals surface area contributed by atoms with E-state index in [9.17, 15) is 0 Å². The molecule has 0 saturated carbocycles. The summed E-state index contributed by atoms with van der Waals surface area (Å²) in [5.74, 6) is 0. The summed E-state index contributed by atoms with van der Waals surface area (Å²) in [7, 11) is 1.93. The second kappa shape index (κ2) is 6.17. The Morgan fingerprint density at radius 1 is 0.800 bits per heavy atom. The van der Waals surface area contributed by atoms with Crippen LogP contribution in [0.25, 0.3) is 21.9 Å². The lowest BCUT2D eigenvalue weighted by atomic mass is 10.1. The molecule has 0 saturated heterocycles. The highest BCUT2D eigenvalue weighted by Crippen LogP contribution is 2.32. The summed E-state index contributed by atoms with van der Waals surface area (Å²) in [6.07, 6.45) is 0. The maximum atomic E-state index is 5.95. The van der Waals surface area contributed by atoms with Crippen LogP contribution < -0.4 is 10.6 Å². The van der Waals surface area contributed by atoms with E-state index in [4.69, 9.17) is 4.42 Å². The average molecular weight is 330 g/mol. The van der Waals surface area contributed by atoms with Crippen LogP contribution in [0.4, 0.5) is 11.4 Å². The lowest BCUT2D eigenvalue weighted by molar-refractivity contribution is 0.669. The predicted octanol–water partition coefficient (Wildman–Crippen LogP) is 5.86. The van der Waals surface area contributed by atoms with Crippen LogP contribution in [0.15, 0.2) is 59.0 Å². The van der Waals surface area contributed by atoms with Gasteiger partial charge in [-0.2, -0.15) is 0 Å². The second-order valence-electron chi connectivity index (χ2n) is 6.56. The highest BCUT2D eigenvalue weighted by atomic mass is 16.3. The zero-order valence-electron chi connectivity index (χ0n) is 14.8. The van der Waals surface area contributed by atoms with E-state index in [1.54, 1.807) is 0 Å². The Bertz CT molecular complexity index is 1060. The van der Waals surface area contributed by atoms with E-state index in [1.807, 2.05) is 25.2 Å². The van der Waals surface area contributed by atoms with E-state index in [-0.39, 0.29) is 0 Å². The Kier molecular flexibility index (Phi) is 3.85. The number of rotatable bonds is 4. The first kappa shape index (κ1) is 15.6. The van der Waals surface area contributed by atoms with Crippen LogP contribution in [0.3, 0.4) is 0 Å². The minimum Gasteiger partial charge on any atom is -0.456 e. The van der Waals surface area contributed by atoms with E-state index in [2.05, 4.69) is 60.9 Å². The van der Waals surface area contributed by atoms with Crippen molar-refractivity contribution in [2.75, 3.05) is 17.7 Å². The molecule has 25 heavy (non-hydrogen) atoms. The molecule has 3 heteroatoms. The molecular weight excluding hydrogens is 308 g/mol. The van der Waals surface area contributed by atoms with Gasteiger partial charge < -0.3 is 15.1 Å². The van der Waals surface area contributed by atoms with Crippen LogP contribution >= 0.6 is 0 Å². The Hall–Kier alpha value is -2.94. The first-order valence-corrected chi connectivity index (χ1v) is 8.58. The summed E-state index contributed by atoms with van der Waals surface area (Å²) in [6.45, 7) is 5.10. The van der Waals surface area contributed by atoms with Gasteiger partial charge in [0.2, 0.25) is 0 Å². The lowest BCUT2D eigenvalue weighted by Crippen LogP contribution is -2.01. The second-order valence-corrected chi connectivity index (χ2v) is 6.56. The topological polar surface area (TPSA) is 37.2 Å². The van der Waals surface area contributed by atoms with Gasteiger partial charge >= 0.3 is 0 Å². The first-order valence-electron chi connectivity index (χ1n) is 8.58. The number of furan rings is 1. The molecule has 1 heterocycles. The van der Waals surface area contributed by atoms with Crippen LogP contribution in [-0.2, 0) is 6.54 Å². The van der Waals surface area contributed by atoms with Gasteiger partial charge in [0, 0.05) is 35.7 Å². The van der Waals surface area contributed by atoms with Crippen molar-refractivity contribution in [2.24, 2.45) is 0 Å². The van der Waals surface area contributed by atoms with Crippen LogP contribution in [0, 0.1) is 13.8 Å². The number of hydrogen-bond donors (Lipinski definition) is 2. The molecule has 0 aliphatic heterocycles. The van der Waals surface area contributed by atoms with Gasteiger partial charge in [-0.25, -0.2) is 0 Å². The summed E-state index contributed by atoms with van der Waals surface area (Å²) in [6, 6.07) is 19.1. The summed E-state index contributed by atoms with van der Waals surface area (Å²) in [4.78, 5) is 0. The first-order chi connectivity index (χ1) is 12.1. The van der Waals surface area contributed by atoms with Crippen molar-refractivity contribution in [2.45, 2.75) is 20.4 Å². The molecule has 0 fully saturated rings. The number of hydrogen-bond acceptors (Lipinski definition) is 3. The molecule has 4 aromatic rings. The molecule has 0 spiro atoms. The fraction of sp³-hybridized carbons (Fsp3) is 0.182. The van der Waals surface area contributed by atoms with Crippen molar-refractivity contribution in [3.05, 3.63) is 71.3 Å². The molecular formula is C22H22N2O. The monoisotopic (exact) mass is 330 g/mol. The Morgan fingerprint density at radius 3 is 2.16 bits per heavy atom. The highest BCUT2D eigenvalue weighted by molar-refractivity contribution is 6.07. The maximum Gasteiger partial charge on any atom is 0.135 e. The maximum absolute atomic E-state index is 5.95. The molecule has 0 aliphatic carbocycles. The molecule has 4 rings (SSSR count). The van der Waals surface area contributed by atoms with Crippen LogP contribution in [0.2, 0.25) is 0 Å². The van der Waals surface area contributed by atoms with E-state index in [0.29, 0.717) is 0 Å². The fourth-order valence-corrected chi connectivity index (χ4v) is 3.28. The number of fused-ring (bicyclic) bond motifs is 3. The molecule has 2 N–H and O–H groups in total. The summed E-state index contributed by atoms with van der Waals surface area (Å²) < 4.78 is 5.95. The Labute approximate surface area is 147 Å². The fourth-order valence-electron chi connectivity index (χ4n) is 3.28. The van der Waals surface area contributed by atoms with Crippen molar-refractivity contribution in [1.29, 1.82) is 0 Å². The zero-order chi connectivity index (χ0) is 17.4. The summed E-state index contributed by atoms with van der Waals surface area (Å²) in [5.41, 5.74) is 7.96. The lowest BCUT2D eigenvalue weighted by Gasteiger charge is -2.10. The van der Waals surface area contributed by atoms with Gasteiger partial charge in [0.1, 0.15) is 11.2 Å². The molecule has 3 aromatic carbocycles. The summed E-state index contributed by atoms with van der Waals surface area (Å²) >= 11 is 0. The van der Waals surface area contributed by atoms with Gasteiger partial charge in [0.15, 0.2) is 0 Å². The predicted molar refractivity (Wildman–Crippen MR) is 107 cm³/mol. The zero-order valence-corrected chi connectivity index (χ0v) is 14.8. The van der Waals surface area contributed by atoms with E-state index < -0.39 is 0 Å². The van der Waals surface area contributed by atoms with Gasteiger partial charge in [-0.05, 0) is 61.4 Å². The standard InChI is InChI=1S/C22H22N2O/c1-14-4-5-16(15(2)10-14)13-24-18-7-9-22-20(12-18)19-11-17(23-3)6-8-21(19)25-22/h4-12,23-24H,13H2,1-3H3. The van der Waals surface area contributed by atoms with Crippen molar-refractivity contribution in [3.8, 4) is 0 Å². The summed E-state index contributed by atoms with van der Waals surface area (Å²) in [5, 5.41) is 9.00. The van der Waals surface area contributed by atoms with Crippen molar-refractivity contribution < 1.29 is 4.42 Å². The van der Waals surface area contributed by atoms with Crippen molar-refractivity contribution >= 4 is 33.3 Å². The van der Waals surface area contributed by atoms with E-state index in [0.717, 1.165) is 39.9 Å². The molecule has 0 amide bonds. The van der Waals surface area contributed by atoms with Crippen molar-refractivity contribution in [1.82, 2.24) is 0 Å². The normalized spacial score (nSPS) is 11.2. The third-order valence-electron chi connectivity index (χ3n) is 4.74. The number of anilines is 2. The van der Waals surface area contributed by atoms with Gasteiger partial charge in [-0.15, -0.1) is 0 Å². The van der Waals surface area contributed by atoms with Gasteiger partial charge in [0.05, 0.1) is 0 Å². The third kappa shape index (κ3) is 2.93. The van der Waals surface area contributed by atoms with E-state index in [1.165, 1.54) is 16.7 Å². The average Bonchev–Trinajstić information content (AvgIpc) is 2.98. The Balaban J connectivity index is 1.67. The largest absolute Gasteiger partial charge is 0.456 e. The molecule has 126 valence electrons. The number of benzene rings is 3. The van der Waals surface area contributed by atoms with Gasteiger partial charge in [-0.1, -0.05) is 23.8 Å². The van der Waals surface area contributed by atoms with Crippen LogP contribution in [0.5, 0.6) is 0 Å². The molecule has 0 atom stereocenters. The highest BCUT2D eigenvalue weighted by Gasteiger charge is 2.08. The van der Waals surface area contributed by atoms with Crippen molar-refractivity contribution in [3.63, 3.8) is 0 Å². The molecule has 0 unspecified atom stereocenters. The number of aryl methyl sites for hydroxylation is 2. The van der Waals surface area contributed by atoms with E-state index >= 15 is 0 Å². The number of nitrogens with one attached hydrogen (secondary N) is 2. The quantitative estimate of drug-likeness (QED) is 0.492. The van der Waals surface area contributed by atoms with Gasteiger partial charge in [0.25, 0.3) is 0 Å². The molecule has 0 radical (unpaired) electrons. The van der Waals surface area contributed by atoms with Gasteiger partial charge in [-0.3, -0.25) is 0 Å². The minimum absolute atomic E-state index is 0.815. The molecule has 3 nitrogen and oxygen atoms in total. The van der Waals surface area contributed by atoms with Crippen LogP contribution in [-0.4, -0.2) is 7.05 Å².